The number of amides is 2. The zero-order valence-corrected chi connectivity index (χ0v) is 24.1. The zero-order chi connectivity index (χ0) is 27.8. The van der Waals surface area contributed by atoms with E-state index in [0.717, 1.165) is 66.4 Å². The van der Waals surface area contributed by atoms with E-state index in [9.17, 15) is 9.59 Å². The van der Waals surface area contributed by atoms with Gasteiger partial charge in [0, 0.05) is 42.5 Å². The topological polar surface area (TPSA) is 82.5 Å². The van der Waals surface area contributed by atoms with Crippen LogP contribution in [0.1, 0.15) is 75.2 Å². The number of aromatic nitrogens is 2. The molecule has 3 aliphatic rings. The lowest BCUT2D eigenvalue weighted by atomic mass is 10.0. The minimum absolute atomic E-state index is 0.0346. The summed E-state index contributed by atoms with van der Waals surface area (Å²) >= 11 is 0. The van der Waals surface area contributed by atoms with Crippen molar-refractivity contribution in [3.8, 4) is 11.4 Å². The van der Waals surface area contributed by atoms with Crippen molar-refractivity contribution in [2.75, 3.05) is 43.9 Å². The molecule has 0 spiro atoms. The van der Waals surface area contributed by atoms with Crippen LogP contribution >= 0.6 is 0 Å². The van der Waals surface area contributed by atoms with Crippen LogP contribution in [-0.4, -0.2) is 70.4 Å². The summed E-state index contributed by atoms with van der Waals surface area (Å²) in [6.45, 7) is 7.53. The van der Waals surface area contributed by atoms with Gasteiger partial charge in [0.2, 0.25) is 5.91 Å². The molecule has 2 fully saturated rings. The smallest absolute Gasteiger partial charge is 0.253 e. The number of carbonyl (C=O) groups excluding carboxylic acids is 2. The second-order valence-corrected chi connectivity index (χ2v) is 12.2. The van der Waals surface area contributed by atoms with Gasteiger partial charge in [0.25, 0.3) is 5.91 Å². The van der Waals surface area contributed by atoms with Gasteiger partial charge in [0.15, 0.2) is 0 Å². The van der Waals surface area contributed by atoms with E-state index in [4.69, 9.17) is 4.98 Å². The van der Waals surface area contributed by atoms with Crippen molar-refractivity contribution in [2.24, 2.45) is 5.92 Å². The van der Waals surface area contributed by atoms with Crippen molar-refractivity contribution in [1.82, 2.24) is 19.4 Å². The van der Waals surface area contributed by atoms with Crippen LogP contribution in [0, 0.1) is 5.92 Å². The average molecular weight is 543 g/mol. The first-order valence-electron chi connectivity index (χ1n) is 15.1. The summed E-state index contributed by atoms with van der Waals surface area (Å²) in [7, 11) is 2.11. The predicted octanol–water partition coefficient (Wildman–Crippen LogP) is 5.76. The van der Waals surface area contributed by atoms with Gasteiger partial charge >= 0.3 is 0 Å². The van der Waals surface area contributed by atoms with E-state index in [2.05, 4.69) is 53.1 Å². The third-order valence-electron chi connectivity index (χ3n) is 8.87. The SMILES string of the molecule is CC(C)C1C(=O)Nc2ccc(NC3CCCCCC3)cc2-c2nc3cc(C(=O)N4CCCN(C)CC4)ccc3n21. The monoisotopic (exact) mass is 542 g/mol. The summed E-state index contributed by atoms with van der Waals surface area (Å²) in [5.74, 6) is 0.846. The molecule has 2 N–H and O–H groups in total. The molecule has 2 amide bonds. The number of hydrogen-bond donors (Lipinski definition) is 2. The summed E-state index contributed by atoms with van der Waals surface area (Å²) in [5.41, 5.74) is 5.03. The summed E-state index contributed by atoms with van der Waals surface area (Å²) in [5, 5.41) is 6.95. The standard InChI is InChI=1S/C32H42N6O2/c1-21(2)29-31(39)35-26-13-12-24(33-23-9-6-4-5-7-10-23)20-25(26)30-34-27-19-22(11-14-28(27)38(29)30)32(40)37-16-8-15-36(3)17-18-37/h11-14,19-21,23,29,33H,4-10,15-18H2,1-3H3,(H,35,39). The molecule has 212 valence electrons. The van der Waals surface area contributed by atoms with Crippen molar-refractivity contribution < 1.29 is 9.59 Å². The van der Waals surface area contributed by atoms with Gasteiger partial charge in [-0.3, -0.25) is 9.59 Å². The van der Waals surface area contributed by atoms with E-state index in [1.165, 1.54) is 38.5 Å². The van der Waals surface area contributed by atoms with Gasteiger partial charge in [0.1, 0.15) is 11.9 Å². The average Bonchev–Trinajstić information content (AvgIpc) is 3.13. The Balaban J connectivity index is 1.40. The molecule has 3 heterocycles. The van der Waals surface area contributed by atoms with E-state index < -0.39 is 6.04 Å². The number of imidazole rings is 1. The molecule has 8 nitrogen and oxygen atoms in total. The molecule has 2 aliphatic heterocycles. The molecule has 1 unspecified atom stereocenters. The number of hydrogen-bond acceptors (Lipinski definition) is 5. The third kappa shape index (κ3) is 5.21. The number of fused-ring (bicyclic) bond motifs is 5. The second kappa shape index (κ2) is 11.2. The highest BCUT2D eigenvalue weighted by Crippen LogP contribution is 2.40. The lowest BCUT2D eigenvalue weighted by Crippen LogP contribution is -2.34. The van der Waals surface area contributed by atoms with Crippen LogP contribution in [0.25, 0.3) is 22.4 Å². The first-order valence-corrected chi connectivity index (χ1v) is 15.1. The Morgan fingerprint density at radius 2 is 1.77 bits per heavy atom. The quantitative estimate of drug-likeness (QED) is 0.410. The van der Waals surface area contributed by atoms with Crippen molar-refractivity contribution in [3.05, 3.63) is 42.0 Å². The van der Waals surface area contributed by atoms with Crippen LogP contribution in [0.5, 0.6) is 0 Å². The summed E-state index contributed by atoms with van der Waals surface area (Å²) < 4.78 is 2.09. The zero-order valence-electron chi connectivity index (χ0n) is 24.1. The Kier molecular flexibility index (Phi) is 7.53. The van der Waals surface area contributed by atoms with Crippen LogP contribution in [0.4, 0.5) is 11.4 Å². The molecule has 0 bridgehead atoms. The van der Waals surface area contributed by atoms with Crippen molar-refractivity contribution in [2.45, 2.75) is 70.9 Å². The molecule has 1 saturated heterocycles. The number of nitrogens with one attached hydrogen (secondary N) is 2. The van der Waals surface area contributed by atoms with Gasteiger partial charge in [-0.25, -0.2) is 4.98 Å². The van der Waals surface area contributed by atoms with Crippen LogP contribution in [0.3, 0.4) is 0 Å². The molecule has 2 aromatic carbocycles. The first-order chi connectivity index (χ1) is 19.4. The van der Waals surface area contributed by atoms with E-state index in [0.29, 0.717) is 11.6 Å². The Morgan fingerprint density at radius 1 is 0.975 bits per heavy atom. The molecule has 1 aliphatic carbocycles. The highest BCUT2D eigenvalue weighted by molar-refractivity contribution is 6.03. The fourth-order valence-electron chi connectivity index (χ4n) is 6.65. The summed E-state index contributed by atoms with van der Waals surface area (Å²) in [6, 6.07) is 12.1. The van der Waals surface area contributed by atoms with Crippen molar-refractivity contribution in [1.29, 1.82) is 0 Å². The predicted molar refractivity (Wildman–Crippen MR) is 161 cm³/mol. The minimum atomic E-state index is -0.409. The summed E-state index contributed by atoms with van der Waals surface area (Å²) in [6.07, 6.45) is 8.50. The third-order valence-corrected chi connectivity index (χ3v) is 8.87. The van der Waals surface area contributed by atoms with Gasteiger partial charge in [-0.05, 0) is 75.2 Å². The number of anilines is 2. The van der Waals surface area contributed by atoms with E-state index in [1.807, 2.05) is 29.2 Å². The molecule has 8 heteroatoms. The maximum absolute atomic E-state index is 13.6. The highest BCUT2D eigenvalue weighted by atomic mass is 16.2. The van der Waals surface area contributed by atoms with Crippen LogP contribution in [0.15, 0.2) is 36.4 Å². The van der Waals surface area contributed by atoms with Gasteiger partial charge < -0.3 is 25.0 Å². The normalized spacial score (nSPS) is 20.9. The summed E-state index contributed by atoms with van der Waals surface area (Å²) in [4.78, 5) is 36.4. The lowest BCUT2D eigenvalue weighted by Gasteiger charge is -2.22. The Bertz CT molecular complexity index is 1400. The number of nitrogens with zero attached hydrogens (tertiary/aromatic N) is 4. The molecule has 1 atom stereocenters. The maximum Gasteiger partial charge on any atom is 0.253 e. The minimum Gasteiger partial charge on any atom is -0.382 e. The lowest BCUT2D eigenvalue weighted by molar-refractivity contribution is -0.120. The molecule has 40 heavy (non-hydrogen) atoms. The van der Waals surface area contributed by atoms with Gasteiger partial charge in [-0.2, -0.15) is 0 Å². The van der Waals surface area contributed by atoms with Crippen LogP contribution < -0.4 is 10.6 Å². The van der Waals surface area contributed by atoms with Gasteiger partial charge in [-0.15, -0.1) is 0 Å². The Hall–Kier alpha value is -3.39. The molecule has 0 radical (unpaired) electrons. The molecule has 1 aromatic heterocycles. The molecular formula is C32H42N6O2. The maximum atomic E-state index is 13.6. The number of rotatable bonds is 4. The highest BCUT2D eigenvalue weighted by Gasteiger charge is 2.34. The van der Waals surface area contributed by atoms with Gasteiger partial charge in [-0.1, -0.05) is 39.5 Å². The van der Waals surface area contributed by atoms with Crippen LogP contribution in [0.2, 0.25) is 0 Å². The van der Waals surface area contributed by atoms with E-state index in [-0.39, 0.29) is 17.7 Å². The Labute approximate surface area is 237 Å². The fraction of sp³-hybridized carbons (Fsp3) is 0.531. The number of benzene rings is 2. The largest absolute Gasteiger partial charge is 0.382 e. The number of likely N-dealkylation sites (N-methyl/N-ethyl adjacent to an activating group) is 1. The van der Waals surface area contributed by atoms with Crippen LogP contribution in [-0.2, 0) is 4.79 Å². The van der Waals surface area contributed by atoms with Crippen molar-refractivity contribution in [3.63, 3.8) is 0 Å². The molecule has 1 saturated carbocycles. The molecule has 3 aromatic rings. The second-order valence-electron chi connectivity index (χ2n) is 12.2. The Morgan fingerprint density at radius 3 is 2.55 bits per heavy atom. The first kappa shape index (κ1) is 26.8. The number of carbonyl (C=O) groups is 2. The van der Waals surface area contributed by atoms with Crippen molar-refractivity contribution >= 4 is 34.2 Å². The van der Waals surface area contributed by atoms with Gasteiger partial charge in [0.05, 0.1) is 16.7 Å². The van der Waals surface area contributed by atoms with E-state index >= 15 is 0 Å². The molecule has 6 rings (SSSR count). The molecular weight excluding hydrogens is 500 g/mol. The van der Waals surface area contributed by atoms with E-state index in [1.54, 1.807) is 0 Å². The fourth-order valence-corrected chi connectivity index (χ4v) is 6.65.